The summed E-state index contributed by atoms with van der Waals surface area (Å²) in [6.07, 6.45) is 0. The van der Waals surface area contributed by atoms with Crippen LogP contribution in [0.2, 0.25) is 13.1 Å². The van der Waals surface area contributed by atoms with E-state index in [0.29, 0.717) is 0 Å². The van der Waals surface area contributed by atoms with Crippen LogP contribution in [0.25, 0.3) is 0 Å². The van der Waals surface area contributed by atoms with Crippen LogP contribution in [0.1, 0.15) is 20.8 Å². The molecule has 1 aromatic carbocycles. The number of benzene rings is 1. The Bertz CT molecular complexity index is 301. The summed E-state index contributed by atoms with van der Waals surface area (Å²) in [5.41, 5.74) is -0.251. The van der Waals surface area contributed by atoms with Crippen LogP contribution in [0.5, 0.6) is 0 Å². The first kappa shape index (κ1) is 12.4. The average Bonchev–Trinajstić information content (AvgIpc) is 2.16. The van der Waals surface area contributed by atoms with Gasteiger partial charge in [0.15, 0.2) is 0 Å². The van der Waals surface area contributed by atoms with Gasteiger partial charge < -0.3 is 0 Å². The van der Waals surface area contributed by atoms with Gasteiger partial charge in [0.05, 0.1) is 5.60 Å². The van der Waals surface area contributed by atoms with Crippen LogP contribution >= 0.6 is 0 Å². The first-order valence-electron chi connectivity index (χ1n) is 5.24. The third-order valence-corrected chi connectivity index (χ3v) is 4.19. The lowest BCUT2D eigenvalue weighted by Crippen LogP contribution is -2.46. The standard InChI is InChI=1S/C12H20O2Si/c1-12(2,3)13-14-15(4,5)11-9-7-6-8-10-11/h6-10H,1-5H3. The van der Waals surface area contributed by atoms with Crippen molar-refractivity contribution in [3.8, 4) is 0 Å². The molecule has 0 aliphatic rings. The van der Waals surface area contributed by atoms with Gasteiger partial charge in [0.25, 0.3) is 8.32 Å². The zero-order chi connectivity index (χ0) is 11.5. The van der Waals surface area contributed by atoms with Crippen molar-refractivity contribution in [1.29, 1.82) is 0 Å². The van der Waals surface area contributed by atoms with Gasteiger partial charge in [0.2, 0.25) is 0 Å². The highest BCUT2D eigenvalue weighted by molar-refractivity contribution is 6.84. The summed E-state index contributed by atoms with van der Waals surface area (Å²) in [4.78, 5) is 5.41. The molecule has 0 saturated carbocycles. The summed E-state index contributed by atoms with van der Waals surface area (Å²) in [6.45, 7) is 10.2. The Morgan fingerprint density at radius 3 is 2.00 bits per heavy atom. The second-order valence-electron chi connectivity index (χ2n) is 5.16. The fourth-order valence-electron chi connectivity index (χ4n) is 1.12. The van der Waals surface area contributed by atoms with Crippen molar-refractivity contribution >= 4 is 13.5 Å². The normalized spacial score (nSPS) is 12.9. The van der Waals surface area contributed by atoms with Crippen LogP contribution in [0.3, 0.4) is 0 Å². The predicted molar refractivity (Wildman–Crippen MR) is 65.5 cm³/mol. The van der Waals surface area contributed by atoms with Crippen LogP contribution in [0.15, 0.2) is 30.3 Å². The molecule has 15 heavy (non-hydrogen) atoms. The molecule has 1 rings (SSSR count). The van der Waals surface area contributed by atoms with Gasteiger partial charge in [0, 0.05) is 0 Å². The van der Waals surface area contributed by atoms with Crippen LogP contribution in [0, 0.1) is 0 Å². The molecule has 0 spiro atoms. The summed E-state index contributed by atoms with van der Waals surface area (Å²) in [7, 11) is -1.91. The fourth-order valence-corrected chi connectivity index (χ4v) is 2.67. The lowest BCUT2D eigenvalue weighted by atomic mass is 10.2. The summed E-state index contributed by atoms with van der Waals surface area (Å²) in [5.74, 6) is 0. The van der Waals surface area contributed by atoms with Crippen LogP contribution in [-0.2, 0) is 9.46 Å². The number of rotatable bonds is 3. The van der Waals surface area contributed by atoms with Gasteiger partial charge in [-0.1, -0.05) is 30.3 Å². The van der Waals surface area contributed by atoms with E-state index < -0.39 is 8.32 Å². The highest BCUT2D eigenvalue weighted by Gasteiger charge is 2.29. The summed E-state index contributed by atoms with van der Waals surface area (Å²) < 4.78 is 5.62. The highest BCUT2D eigenvalue weighted by Crippen LogP contribution is 2.13. The molecule has 0 aliphatic heterocycles. The van der Waals surface area contributed by atoms with Gasteiger partial charge in [-0.2, -0.15) is 0 Å². The molecule has 1 aromatic rings. The second kappa shape index (κ2) is 4.47. The topological polar surface area (TPSA) is 18.5 Å². The molecule has 0 bridgehead atoms. The molecule has 0 unspecified atom stereocenters. The minimum absolute atomic E-state index is 0.251. The lowest BCUT2D eigenvalue weighted by molar-refractivity contribution is -0.283. The number of hydrogen-bond donors (Lipinski definition) is 0. The maximum Gasteiger partial charge on any atom is 0.263 e. The van der Waals surface area contributed by atoms with Crippen molar-refractivity contribution in [2.24, 2.45) is 0 Å². The molecule has 2 nitrogen and oxygen atoms in total. The van der Waals surface area contributed by atoms with Gasteiger partial charge in [-0.05, 0) is 39.1 Å². The smallest absolute Gasteiger partial charge is 0.263 e. The molecule has 84 valence electrons. The predicted octanol–water partition coefficient (Wildman–Crippen LogP) is 2.85. The SMILES string of the molecule is CC(C)(C)OO[Si](C)(C)c1ccccc1. The van der Waals surface area contributed by atoms with Gasteiger partial charge in [-0.25, -0.2) is 4.89 Å². The molecule has 0 saturated heterocycles. The van der Waals surface area contributed by atoms with Gasteiger partial charge in [-0.3, -0.25) is 4.58 Å². The van der Waals surface area contributed by atoms with Crippen molar-refractivity contribution in [2.75, 3.05) is 0 Å². The summed E-state index contributed by atoms with van der Waals surface area (Å²) in [6, 6.07) is 10.3. The molecule has 0 radical (unpaired) electrons. The van der Waals surface area contributed by atoms with E-state index in [1.165, 1.54) is 5.19 Å². The van der Waals surface area contributed by atoms with Gasteiger partial charge >= 0.3 is 0 Å². The maximum atomic E-state index is 5.62. The van der Waals surface area contributed by atoms with E-state index in [9.17, 15) is 0 Å². The maximum absolute atomic E-state index is 5.62. The molecular formula is C12H20O2Si. The molecule has 0 fully saturated rings. The largest absolute Gasteiger partial charge is 0.281 e. The van der Waals surface area contributed by atoms with E-state index in [1.807, 2.05) is 39.0 Å². The molecule has 3 heteroatoms. The van der Waals surface area contributed by atoms with Crippen LogP contribution in [-0.4, -0.2) is 13.9 Å². The lowest BCUT2D eigenvalue weighted by Gasteiger charge is -2.27. The molecule has 0 aliphatic carbocycles. The van der Waals surface area contributed by atoms with Crippen molar-refractivity contribution in [2.45, 2.75) is 39.5 Å². The third kappa shape index (κ3) is 4.16. The third-order valence-electron chi connectivity index (χ3n) is 1.97. The fraction of sp³-hybridized carbons (Fsp3) is 0.500. The Hall–Kier alpha value is -0.643. The Labute approximate surface area is 93.3 Å². The molecule has 0 aromatic heterocycles. The van der Waals surface area contributed by atoms with Crippen molar-refractivity contribution < 1.29 is 9.46 Å². The van der Waals surface area contributed by atoms with Crippen LogP contribution in [0.4, 0.5) is 0 Å². The Balaban J connectivity index is 2.68. The molecule has 0 heterocycles. The van der Waals surface area contributed by atoms with Crippen molar-refractivity contribution in [1.82, 2.24) is 0 Å². The Morgan fingerprint density at radius 2 is 1.53 bits per heavy atom. The molecular weight excluding hydrogens is 204 g/mol. The van der Waals surface area contributed by atoms with E-state index in [2.05, 4.69) is 25.2 Å². The monoisotopic (exact) mass is 224 g/mol. The Kier molecular flexibility index (Phi) is 3.70. The minimum Gasteiger partial charge on any atom is -0.281 e. The highest BCUT2D eigenvalue weighted by atomic mass is 28.4. The van der Waals surface area contributed by atoms with E-state index >= 15 is 0 Å². The average molecular weight is 224 g/mol. The molecule has 0 amide bonds. The van der Waals surface area contributed by atoms with E-state index in [-0.39, 0.29) is 5.60 Å². The summed E-state index contributed by atoms with van der Waals surface area (Å²) >= 11 is 0. The van der Waals surface area contributed by atoms with Gasteiger partial charge in [-0.15, -0.1) is 0 Å². The second-order valence-corrected chi connectivity index (χ2v) is 8.92. The molecule has 0 N–H and O–H groups in total. The quantitative estimate of drug-likeness (QED) is 0.446. The first-order valence-corrected chi connectivity index (χ1v) is 8.14. The summed E-state index contributed by atoms with van der Waals surface area (Å²) in [5, 5.41) is 1.24. The Morgan fingerprint density at radius 1 is 1.00 bits per heavy atom. The van der Waals surface area contributed by atoms with Gasteiger partial charge in [0.1, 0.15) is 0 Å². The first-order chi connectivity index (χ1) is 6.81. The van der Waals surface area contributed by atoms with Crippen LogP contribution < -0.4 is 5.19 Å². The van der Waals surface area contributed by atoms with Crippen molar-refractivity contribution in [3.05, 3.63) is 30.3 Å². The van der Waals surface area contributed by atoms with Crippen molar-refractivity contribution in [3.63, 3.8) is 0 Å². The van der Waals surface area contributed by atoms with E-state index in [0.717, 1.165) is 0 Å². The number of hydrogen-bond acceptors (Lipinski definition) is 2. The zero-order valence-corrected chi connectivity index (χ0v) is 11.2. The van der Waals surface area contributed by atoms with E-state index in [4.69, 9.17) is 9.46 Å². The minimum atomic E-state index is -1.91. The zero-order valence-electron chi connectivity index (χ0n) is 10.2. The van der Waals surface area contributed by atoms with E-state index in [1.54, 1.807) is 0 Å². The molecule has 0 atom stereocenters.